The molecule has 8 heteroatoms. The molecular formula is C27H21N3O5. The highest BCUT2D eigenvalue weighted by Gasteiger charge is 2.49. The zero-order valence-electron chi connectivity index (χ0n) is 19.1. The molecule has 3 aromatic heterocycles. The van der Waals surface area contributed by atoms with Crippen molar-refractivity contribution in [3.05, 3.63) is 109 Å². The molecule has 0 spiro atoms. The highest BCUT2D eigenvalue weighted by Crippen LogP contribution is 2.53. The SMILES string of the molecule is Cn1c(=O)c2cc3n(c2n(C)c1=O)C[C@@H]1[C@H]3c2c(oc3ccccc3c2=O)O[C@@H]1c1ccccc1. The summed E-state index contributed by atoms with van der Waals surface area (Å²) in [5.41, 5.74) is 2.41. The Morgan fingerprint density at radius 2 is 1.63 bits per heavy atom. The van der Waals surface area contributed by atoms with E-state index in [2.05, 4.69) is 0 Å². The molecule has 8 nitrogen and oxygen atoms in total. The quantitative estimate of drug-likeness (QED) is 0.378. The van der Waals surface area contributed by atoms with Gasteiger partial charge < -0.3 is 13.7 Å². The minimum Gasteiger partial charge on any atom is -0.456 e. The fourth-order valence-electron chi connectivity index (χ4n) is 5.93. The fourth-order valence-corrected chi connectivity index (χ4v) is 5.93. The predicted octanol–water partition coefficient (Wildman–Crippen LogP) is 3.04. The molecule has 0 saturated carbocycles. The molecular weight excluding hydrogens is 446 g/mol. The van der Waals surface area contributed by atoms with Crippen molar-refractivity contribution in [1.82, 2.24) is 13.7 Å². The number of benzene rings is 2. The summed E-state index contributed by atoms with van der Waals surface area (Å²) >= 11 is 0. The van der Waals surface area contributed by atoms with E-state index in [4.69, 9.17) is 9.15 Å². The molecule has 35 heavy (non-hydrogen) atoms. The lowest BCUT2D eigenvalue weighted by Crippen LogP contribution is -2.37. The average Bonchev–Trinajstić information content (AvgIpc) is 3.43. The Bertz CT molecular complexity index is 1860. The number of rotatable bonds is 1. The van der Waals surface area contributed by atoms with E-state index in [1.54, 1.807) is 19.2 Å². The summed E-state index contributed by atoms with van der Waals surface area (Å²) < 4.78 is 17.2. The van der Waals surface area contributed by atoms with Crippen LogP contribution in [-0.2, 0) is 20.6 Å². The third-order valence-electron chi connectivity index (χ3n) is 7.53. The zero-order valence-corrected chi connectivity index (χ0v) is 19.1. The summed E-state index contributed by atoms with van der Waals surface area (Å²) in [5, 5.41) is 0.946. The van der Waals surface area contributed by atoms with Gasteiger partial charge in [0.05, 0.1) is 16.3 Å². The Morgan fingerprint density at radius 1 is 0.886 bits per heavy atom. The van der Waals surface area contributed by atoms with Crippen LogP contribution >= 0.6 is 0 Å². The summed E-state index contributed by atoms with van der Waals surface area (Å²) in [6, 6.07) is 18.8. The lowest BCUT2D eigenvalue weighted by Gasteiger charge is -2.34. The Hall–Kier alpha value is -4.33. The number of nitrogens with zero attached hydrogens (tertiary/aromatic N) is 3. The van der Waals surface area contributed by atoms with Crippen molar-refractivity contribution in [1.29, 1.82) is 0 Å². The van der Waals surface area contributed by atoms with E-state index >= 15 is 0 Å². The molecule has 2 aliphatic heterocycles. The number of fused-ring (bicyclic) bond motifs is 8. The lowest BCUT2D eigenvalue weighted by molar-refractivity contribution is 0.0716. The van der Waals surface area contributed by atoms with Gasteiger partial charge in [0.2, 0.25) is 5.43 Å². The van der Waals surface area contributed by atoms with E-state index in [0.717, 1.165) is 15.8 Å². The molecule has 2 aliphatic rings. The zero-order chi connectivity index (χ0) is 24.0. The lowest BCUT2D eigenvalue weighted by atomic mass is 9.78. The first-order valence-electron chi connectivity index (χ1n) is 11.5. The van der Waals surface area contributed by atoms with Gasteiger partial charge in [0.1, 0.15) is 17.3 Å². The fraction of sp³-hybridized carbons (Fsp3) is 0.222. The van der Waals surface area contributed by atoms with Crippen molar-refractivity contribution in [2.75, 3.05) is 0 Å². The number of aryl methyl sites for hydroxylation is 1. The Kier molecular flexibility index (Phi) is 3.93. The smallest absolute Gasteiger partial charge is 0.332 e. The Morgan fingerprint density at radius 3 is 2.43 bits per heavy atom. The first-order chi connectivity index (χ1) is 17.0. The molecule has 3 atom stereocenters. The molecule has 0 fully saturated rings. The molecule has 0 aliphatic carbocycles. The van der Waals surface area contributed by atoms with Crippen LogP contribution in [0.25, 0.3) is 22.0 Å². The minimum absolute atomic E-state index is 0.118. The molecule has 5 aromatic rings. The monoisotopic (exact) mass is 467 g/mol. The normalized spacial score (nSPS) is 20.5. The number of aromatic nitrogens is 3. The van der Waals surface area contributed by atoms with Crippen molar-refractivity contribution >= 4 is 22.0 Å². The van der Waals surface area contributed by atoms with Crippen LogP contribution in [0.1, 0.15) is 28.8 Å². The first kappa shape index (κ1) is 20.1. The van der Waals surface area contributed by atoms with Crippen molar-refractivity contribution in [3.63, 3.8) is 0 Å². The van der Waals surface area contributed by atoms with Gasteiger partial charge in [-0.05, 0) is 23.8 Å². The average molecular weight is 467 g/mol. The highest BCUT2D eigenvalue weighted by atomic mass is 16.6. The second kappa shape index (κ2) is 6.85. The second-order valence-electron chi connectivity index (χ2n) is 9.34. The number of para-hydroxylation sites is 1. The summed E-state index contributed by atoms with van der Waals surface area (Å²) in [6.45, 7) is 0.495. The Labute approximate surface area is 198 Å². The van der Waals surface area contributed by atoms with Crippen LogP contribution in [0.2, 0.25) is 0 Å². The number of hydrogen-bond acceptors (Lipinski definition) is 5. The van der Waals surface area contributed by atoms with Gasteiger partial charge in [-0.3, -0.25) is 18.7 Å². The van der Waals surface area contributed by atoms with Crippen LogP contribution in [0.4, 0.5) is 0 Å². The predicted molar refractivity (Wildman–Crippen MR) is 130 cm³/mol. The van der Waals surface area contributed by atoms with Crippen molar-refractivity contribution in [3.8, 4) is 5.95 Å². The van der Waals surface area contributed by atoms with E-state index in [0.29, 0.717) is 34.1 Å². The molecule has 2 aromatic carbocycles. The summed E-state index contributed by atoms with van der Waals surface area (Å²) in [5.74, 6) is -0.256. The van der Waals surface area contributed by atoms with Gasteiger partial charge in [-0.1, -0.05) is 42.5 Å². The molecule has 5 heterocycles. The van der Waals surface area contributed by atoms with Crippen molar-refractivity contribution in [2.24, 2.45) is 20.0 Å². The summed E-state index contributed by atoms with van der Waals surface area (Å²) in [6.07, 6.45) is -0.364. The van der Waals surface area contributed by atoms with E-state index in [-0.39, 0.29) is 40.6 Å². The van der Waals surface area contributed by atoms with Gasteiger partial charge in [-0.15, -0.1) is 0 Å². The van der Waals surface area contributed by atoms with Crippen LogP contribution in [0.15, 0.2) is 79.5 Å². The molecule has 0 unspecified atom stereocenters. The van der Waals surface area contributed by atoms with Crippen LogP contribution in [0.5, 0.6) is 5.95 Å². The topological polar surface area (TPSA) is 88.4 Å². The maximum Gasteiger partial charge on any atom is 0.332 e. The Balaban J connectivity index is 1.57. The van der Waals surface area contributed by atoms with Gasteiger partial charge in [-0.25, -0.2) is 4.79 Å². The molecule has 0 saturated heterocycles. The standard InChI is InChI=1S/C27H21N3O5/c1-28-24-16(25(32)29(2)27(28)33)12-18-20-17(13-30(18)24)23(14-8-4-3-5-9-14)35-26-21(20)22(31)15-10-6-7-11-19(15)34-26/h3-12,17,20,23H,13H2,1-2H3/t17-,20-,23-/m1/s1. The molecule has 0 bridgehead atoms. The molecule has 0 radical (unpaired) electrons. The van der Waals surface area contributed by atoms with Crippen LogP contribution in [0, 0.1) is 5.92 Å². The maximum absolute atomic E-state index is 13.8. The van der Waals surface area contributed by atoms with Crippen molar-refractivity contribution in [2.45, 2.75) is 18.6 Å². The van der Waals surface area contributed by atoms with E-state index < -0.39 is 0 Å². The molecule has 0 N–H and O–H groups in total. The largest absolute Gasteiger partial charge is 0.456 e. The highest BCUT2D eigenvalue weighted by molar-refractivity contribution is 5.80. The minimum atomic E-state index is -0.389. The van der Waals surface area contributed by atoms with Crippen LogP contribution < -0.4 is 21.4 Å². The maximum atomic E-state index is 13.8. The first-order valence-corrected chi connectivity index (χ1v) is 11.5. The second-order valence-corrected chi connectivity index (χ2v) is 9.34. The van der Waals surface area contributed by atoms with E-state index in [9.17, 15) is 14.4 Å². The van der Waals surface area contributed by atoms with Gasteiger partial charge in [0.15, 0.2) is 0 Å². The van der Waals surface area contributed by atoms with Crippen LogP contribution in [-0.4, -0.2) is 13.7 Å². The third kappa shape index (κ3) is 2.53. The molecule has 0 amide bonds. The number of hydrogen-bond donors (Lipinski definition) is 0. The van der Waals surface area contributed by atoms with Gasteiger partial charge in [0.25, 0.3) is 11.5 Å². The van der Waals surface area contributed by atoms with Gasteiger partial charge in [-0.2, -0.15) is 0 Å². The summed E-state index contributed by atoms with van der Waals surface area (Å²) in [7, 11) is 3.14. The third-order valence-corrected chi connectivity index (χ3v) is 7.53. The van der Waals surface area contributed by atoms with E-state index in [1.807, 2.05) is 53.1 Å². The summed E-state index contributed by atoms with van der Waals surface area (Å²) in [4.78, 5) is 39.5. The van der Waals surface area contributed by atoms with Gasteiger partial charge >= 0.3 is 5.69 Å². The molecule has 174 valence electrons. The van der Waals surface area contributed by atoms with Gasteiger partial charge in [0, 0.05) is 38.2 Å². The van der Waals surface area contributed by atoms with Crippen molar-refractivity contribution < 1.29 is 9.15 Å². The molecule has 7 rings (SSSR count). The van der Waals surface area contributed by atoms with Crippen LogP contribution in [0.3, 0.4) is 0 Å². The van der Waals surface area contributed by atoms with E-state index in [1.165, 1.54) is 11.6 Å². The number of ether oxygens (including phenoxy) is 1.